The fraction of sp³-hybridized carbons (Fsp3) is 0.600. The van der Waals surface area contributed by atoms with Crippen LogP contribution in [0.1, 0.15) is 44.1 Å². The van der Waals surface area contributed by atoms with Crippen LogP contribution in [0.5, 0.6) is 0 Å². The molecule has 0 amide bonds. The maximum Gasteiger partial charge on any atom is 0.0595 e. The molecule has 1 saturated carbocycles. The van der Waals surface area contributed by atoms with Gasteiger partial charge in [-0.1, -0.05) is 49.0 Å². The minimum absolute atomic E-state index is 0.423. The molecule has 1 atom stereocenters. The molecule has 2 rings (SSSR count). The molecule has 1 aromatic rings. The van der Waals surface area contributed by atoms with Gasteiger partial charge in [-0.3, -0.25) is 0 Å². The van der Waals surface area contributed by atoms with E-state index >= 15 is 0 Å². The van der Waals surface area contributed by atoms with Gasteiger partial charge in [0.2, 0.25) is 0 Å². The van der Waals surface area contributed by atoms with Gasteiger partial charge in [-0.05, 0) is 54.8 Å². The molecule has 0 heterocycles. The van der Waals surface area contributed by atoms with E-state index in [1.165, 1.54) is 31.2 Å². The molecule has 0 spiro atoms. The summed E-state index contributed by atoms with van der Waals surface area (Å²) in [5.74, 6) is 1.99. The van der Waals surface area contributed by atoms with Gasteiger partial charge in [-0.2, -0.15) is 0 Å². The predicted octanol–water partition coefficient (Wildman–Crippen LogP) is 4.86. The highest BCUT2D eigenvalue weighted by atomic mass is 35.5. The van der Waals surface area contributed by atoms with E-state index in [1.54, 1.807) is 0 Å². The molecule has 1 aliphatic rings. The van der Waals surface area contributed by atoms with Gasteiger partial charge in [0.25, 0.3) is 0 Å². The molecule has 1 aromatic carbocycles. The zero-order valence-electron chi connectivity index (χ0n) is 10.8. The topological polar surface area (TPSA) is 26.0 Å². The lowest BCUT2D eigenvalue weighted by Gasteiger charge is -2.32. The molecule has 0 aromatic heterocycles. The molecule has 1 nitrogen and oxygen atoms in total. The third-order valence-corrected chi connectivity index (χ3v) is 4.99. The van der Waals surface area contributed by atoms with Gasteiger partial charge >= 0.3 is 0 Å². The minimum Gasteiger partial charge on any atom is -0.330 e. The Morgan fingerprint density at radius 3 is 2.39 bits per heavy atom. The summed E-state index contributed by atoms with van der Waals surface area (Å²) in [6, 6.07) is 5.94. The van der Waals surface area contributed by atoms with Crippen molar-refractivity contribution < 1.29 is 0 Å². The van der Waals surface area contributed by atoms with E-state index < -0.39 is 0 Å². The van der Waals surface area contributed by atoms with Crippen molar-refractivity contribution in [3.05, 3.63) is 33.8 Å². The van der Waals surface area contributed by atoms with Crippen molar-refractivity contribution in [1.29, 1.82) is 0 Å². The first-order valence-corrected chi connectivity index (χ1v) is 7.52. The van der Waals surface area contributed by atoms with Crippen molar-refractivity contribution >= 4 is 23.2 Å². The molecule has 0 saturated heterocycles. The number of hydrogen-bond donors (Lipinski definition) is 1. The molecule has 1 fully saturated rings. The zero-order valence-corrected chi connectivity index (χ0v) is 12.3. The summed E-state index contributed by atoms with van der Waals surface area (Å²) >= 11 is 12.1. The Hall–Kier alpha value is -0.240. The van der Waals surface area contributed by atoms with Crippen LogP contribution in [0.15, 0.2) is 18.2 Å². The Balaban J connectivity index is 2.14. The van der Waals surface area contributed by atoms with Crippen molar-refractivity contribution in [3.8, 4) is 0 Å². The third-order valence-electron chi connectivity index (χ3n) is 4.26. The summed E-state index contributed by atoms with van der Waals surface area (Å²) in [4.78, 5) is 0. The van der Waals surface area contributed by atoms with Gasteiger partial charge in [0.15, 0.2) is 0 Å². The van der Waals surface area contributed by atoms with E-state index in [9.17, 15) is 0 Å². The monoisotopic (exact) mass is 285 g/mol. The molecule has 0 aliphatic heterocycles. The minimum atomic E-state index is 0.423. The van der Waals surface area contributed by atoms with E-state index in [2.05, 4.69) is 13.0 Å². The summed E-state index contributed by atoms with van der Waals surface area (Å²) in [5, 5.41) is 1.25. The number of nitrogens with two attached hydrogens (primary N) is 1. The van der Waals surface area contributed by atoms with Gasteiger partial charge < -0.3 is 5.73 Å². The Labute approximate surface area is 120 Å². The van der Waals surface area contributed by atoms with Crippen LogP contribution in [-0.4, -0.2) is 6.54 Å². The summed E-state index contributed by atoms with van der Waals surface area (Å²) in [7, 11) is 0. The Morgan fingerprint density at radius 1 is 1.17 bits per heavy atom. The molecule has 18 heavy (non-hydrogen) atoms. The predicted molar refractivity (Wildman–Crippen MR) is 79.4 cm³/mol. The SMILES string of the molecule is CC1CCC(C(CN)c2ccc(Cl)c(Cl)c2)CC1. The summed E-state index contributed by atoms with van der Waals surface area (Å²) in [6.45, 7) is 3.03. The molecule has 100 valence electrons. The first-order valence-electron chi connectivity index (χ1n) is 6.76. The second kappa shape index (κ2) is 6.27. The normalized spacial score (nSPS) is 26.0. The van der Waals surface area contributed by atoms with Crippen LogP contribution >= 0.6 is 23.2 Å². The zero-order chi connectivity index (χ0) is 13.1. The van der Waals surface area contributed by atoms with Crippen LogP contribution in [0.2, 0.25) is 10.0 Å². The van der Waals surface area contributed by atoms with Gasteiger partial charge in [-0.15, -0.1) is 0 Å². The van der Waals surface area contributed by atoms with Gasteiger partial charge in [0.05, 0.1) is 10.0 Å². The fourth-order valence-corrected chi connectivity index (χ4v) is 3.34. The number of halogens is 2. The van der Waals surface area contributed by atoms with Crippen LogP contribution in [0.25, 0.3) is 0 Å². The Bertz CT molecular complexity index is 397. The first kappa shape index (κ1) is 14.2. The van der Waals surface area contributed by atoms with Gasteiger partial charge in [0.1, 0.15) is 0 Å². The largest absolute Gasteiger partial charge is 0.330 e. The van der Waals surface area contributed by atoms with Crippen molar-refractivity contribution in [2.45, 2.75) is 38.5 Å². The number of hydrogen-bond acceptors (Lipinski definition) is 1. The summed E-state index contributed by atoms with van der Waals surface area (Å²) < 4.78 is 0. The van der Waals surface area contributed by atoms with Crippen LogP contribution in [0.3, 0.4) is 0 Å². The van der Waals surface area contributed by atoms with Crippen LogP contribution in [0, 0.1) is 11.8 Å². The molecule has 1 unspecified atom stereocenters. The highest BCUT2D eigenvalue weighted by molar-refractivity contribution is 6.42. The van der Waals surface area contributed by atoms with Crippen molar-refractivity contribution in [2.24, 2.45) is 17.6 Å². The second-order valence-electron chi connectivity index (χ2n) is 5.54. The third kappa shape index (κ3) is 3.20. The van der Waals surface area contributed by atoms with E-state index in [1.807, 2.05) is 12.1 Å². The highest BCUT2D eigenvalue weighted by Gasteiger charge is 2.26. The van der Waals surface area contributed by atoms with Crippen molar-refractivity contribution in [3.63, 3.8) is 0 Å². The molecule has 0 radical (unpaired) electrons. The quantitative estimate of drug-likeness (QED) is 0.843. The Kier molecular flexibility index (Phi) is 4.94. The van der Waals surface area contributed by atoms with Gasteiger partial charge in [0, 0.05) is 0 Å². The summed E-state index contributed by atoms with van der Waals surface area (Å²) in [5.41, 5.74) is 7.22. The van der Waals surface area contributed by atoms with Crippen molar-refractivity contribution in [1.82, 2.24) is 0 Å². The Morgan fingerprint density at radius 2 is 1.83 bits per heavy atom. The van der Waals surface area contributed by atoms with Crippen LogP contribution in [0.4, 0.5) is 0 Å². The lowest BCUT2D eigenvalue weighted by molar-refractivity contribution is 0.256. The number of rotatable bonds is 3. The lowest BCUT2D eigenvalue weighted by atomic mass is 9.74. The molecule has 0 bridgehead atoms. The van der Waals surface area contributed by atoms with Crippen LogP contribution < -0.4 is 5.73 Å². The summed E-state index contributed by atoms with van der Waals surface area (Å²) in [6.07, 6.45) is 5.21. The highest BCUT2D eigenvalue weighted by Crippen LogP contribution is 2.38. The van der Waals surface area contributed by atoms with E-state index in [4.69, 9.17) is 28.9 Å². The smallest absolute Gasteiger partial charge is 0.0595 e. The fourth-order valence-electron chi connectivity index (χ4n) is 3.03. The molecular weight excluding hydrogens is 265 g/mol. The number of benzene rings is 1. The molecule has 3 heteroatoms. The molecule has 1 aliphatic carbocycles. The standard InChI is InChI=1S/C15H21Cl2N/c1-10-2-4-11(5-3-10)13(9-18)12-6-7-14(16)15(17)8-12/h6-8,10-11,13H,2-5,9,18H2,1H3. The average Bonchev–Trinajstić information content (AvgIpc) is 2.37. The van der Waals surface area contributed by atoms with Crippen LogP contribution in [-0.2, 0) is 0 Å². The maximum atomic E-state index is 6.10. The second-order valence-corrected chi connectivity index (χ2v) is 6.35. The van der Waals surface area contributed by atoms with E-state index in [0.29, 0.717) is 28.4 Å². The average molecular weight is 286 g/mol. The van der Waals surface area contributed by atoms with E-state index in [-0.39, 0.29) is 0 Å². The molecule has 2 N–H and O–H groups in total. The first-order chi connectivity index (χ1) is 8.61. The lowest BCUT2D eigenvalue weighted by Crippen LogP contribution is -2.25. The molecular formula is C15H21Cl2N. The van der Waals surface area contributed by atoms with E-state index in [0.717, 1.165) is 5.92 Å². The van der Waals surface area contributed by atoms with Gasteiger partial charge in [-0.25, -0.2) is 0 Å². The van der Waals surface area contributed by atoms with Crippen molar-refractivity contribution in [2.75, 3.05) is 6.54 Å². The maximum absolute atomic E-state index is 6.10.